The van der Waals surface area contributed by atoms with Gasteiger partial charge in [-0.15, -0.1) is 0 Å². The molecule has 1 aliphatic rings. The van der Waals surface area contributed by atoms with Crippen molar-refractivity contribution in [3.8, 4) is 0 Å². The van der Waals surface area contributed by atoms with Gasteiger partial charge >= 0.3 is 0 Å². The standard InChI is InChI=1S/C11H11ClN2/c1-11(3-4-11)9-6-7-8(12)2-5-13-10(7)14-9/h2,5-6H,3-4H2,1H3,(H,13,14). The molecule has 0 aromatic carbocycles. The first-order chi connectivity index (χ1) is 6.69. The monoisotopic (exact) mass is 206 g/mol. The van der Waals surface area contributed by atoms with E-state index in [1.54, 1.807) is 6.20 Å². The second-order valence-corrected chi connectivity index (χ2v) is 4.71. The van der Waals surface area contributed by atoms with Crippen LogP contribution in [0.5, 0.6) is 0 Å². The molecule has 3 heteroatoms. The summed E-state index contributed by atoms with van der Waals surface area (Å²) in [5, 5.41) is 1.82. The lowest BCUT2D eigenvalue weighted by molar-refractivity contribution is 0.760. The lowest BCUT2D eigenvalue weighted by Crippen LogP contribution is -1.98. The van der Waals surface area contributed by atoms with Crippen molar-refractivity contribution < 1.29 is 0 Å². The first kappa shape index (κ1) is 8.30. The Hall–Kier alpha value is -1.02. The Labute approximate surface area is 87.3 Å². The molecule has 0 aliphatic heterocycles. The number of aromatic nitrogens is 2. The maximum atomic E-state index is 6.08. The second-order valence-electron chi connectivity index (χ2n) is 4.30. The molecule has 1 aliphatic carbocycles. The fourth-order valence-electron chi connectivity index (χ4n) is 1.78. The van der Waals surface area contributed by atoms with Crippen molar-refractivity contribution in [3.05, 3.63) is 29.0 Å². The second kappa shape index (κ2) is 2.51. The van der Waals surface area contributed by atoms with Gasteiger partial charge in [-0.1, -0.05) is 18.5 Å². The number of nitrogens with one attached hydrogen (secondary N) is 1. The van der Waals surface area contributed by atoms with Crippen molar-refractivity contribution in [2.24, 2.45) is 0 Å². The molecule has 0 saturated heterocycles. The van der Waals surface area contributed by atoms with Gasteiger partial charge in [0.1, 0.15) is 5.65 Å². The van der Waals surface area contributed by atoms with Crippen molar-refractivity contribution in [1.82, 2.24) is 9.97 Å². The summed E-state index contributed by atoms with van der Waals surface area (Å²) >= 11 is 6.08. The number of hydrogen-bond donors (Lipinski definition) is 1. The molecule has 1 fully saturated rings. The van der Waals surface area contributed by atoms with Crippen molar-refractivity contribution >= 4 is 22.6 Å². The van der Waals surface area contributed by atoms with Gasteiger partial charge in [-0.25, -0.2) is 4.98 Å². The molecule has 0 spiro atoms. The molecule has 0 radical (unpaired) electrons. The quantitative estimate of drug-likeness (QED) is 0.762. The van der Waals surface area contributed by atoms with Gasteiger partial charge in [-0.2, -0.15) is 0 Å². The molecule has 2 aromatic rings. The topological polar surface area (TPSA) is 28.7 Å². The summed E-state index contributed by atoms with van der Waals surface area (Å²) < 4.78 is 0. The van der Waals surface area contributed by atoms with Gasteiger partial charge in [-0.05, 0) is 25.0 Å². The SMILES string of the molecule is CC1(c2cc3c(Cl)ccnc3[nH]2)CC1. The lowest BCUT2D eigenvalue weighted by atomic mass is 10.1. The van der Waals surface area contributed by atoms with Crippen LogP contribution in [0.1, 0.15) is 25.5 Å². The molecule has 1 N–H and O–H groups in total. The number of pyridine rings is 1. The zero-order valence-electron chi connectivity index (χ0n) is 7.97. The van der Waals surface area contributed by atoms with Crippen LogP contribution in [0.15, 0.2) is 18.3 Å². The van der Waals surface area contributed by atoms with E-state index in [0.717, 1.165) is 16.1 Å². The van der Waals surface area contributed by atoms with Crippen LogP contribution in [-0.2, 0) is 5.41 Å². The molecule has 1 saturated carbocycles. The predicted molar refractivity (Wildman–Crippen MR) is 57.7 cm³/mol. The van der Waals surface area contributed by atoms with E-state index in [-0.39, 0.29) is 0 Å². The van der Waals surface area contributed by atoms with Gasteiger partial charge in [-0.3, -0.25) is 0 Å². The summed E-state index contributed by atoms with van der Waals surface area (Å²) in [6.07, 6.45) is 4.26. The van der Waals surface area contributed by atoms with Crippen molar-refractivity contribution in [1.29, 1.82) is 0 Å². The van der Waals surface area contributed by atoms with Crippen LogP contribution in [0.2, 0.25) is 5.02 Å². The smallest absolute Gasteiger partial charge is 0.138 e. The van der Waals surface area contributed by atoms with Gasteiger partial charge in [0.25, 0.3) is 0 Å². The molecule has 0 atom stereocenters. The maximum absolute atomic E-state index is 6.08. The zero-order valence-corrected chi connectivity index (χ0v) is 8.73. The first-order valence-electron chi connectivity index (χ1n) is 4.83. The Morgan fingerprint density at radius 3 is 2.93 bits per heavy atom. The highest BCUT2D eigenvalue weighted by atomic mass is 35.5. The van der Waals surface area contributed by atoms with Crippen LogP contribution in [-0.4, -0.2) is 9.97 Å². The van der Waals surface area contributed by atoms with E-state index >= 15 is 0 Å². The molecule has 0 bridgehead atoms. The van der Waals surface area contributed by atoms with Crippen LogP contribution in [0.25, 0.3) is 11.0 Å². The summed E-state index contributed by atoms with van der Waals surface area (Å²) in [7, 11) is 0. The van der Waals surface area contributed by atoms with Crippen molar-refractivity contribution in [2.45, 2.75) is 25.2 Å². The Morgan fingerprint density at radius 2 is 2.29 bits per heavy atom. The third kappa shape index (κ3) is 1.07. The van der Waals surface area contributed by atoms with Crippen molar-refractivity contribution in [3.63, 3.8) is 0 Å². The number of halogens is 1. The average Bonchev–Trinajstić information content (AvgIpc) is 2.77. The summed E-state index contributed by atoms with van der Waals surface area (Å²) in [5.74, 6) is 0. The molecule has 2 nitrogen and oxygen atoms in total. The Kier molecular flexibility index (Phi) is 1.49. The highest BCUT2D eigenvalue weighted by Gasteiger charge is 2.40. The van der Waals surface area contributed by atoms with E-state index in [4.69, 9.17) is 11.6 Å². The molecular weight excluding hydrogens is 196 g/mol. The Balaban J connectivity index is 2.25. The number of hydrogen-bond acceptors (Lipinski definition) is 1. The summed E-state index contributed by atoms with van der Waals surface area (Å²) in [6.45, 7) is 2.27. The zero-order chi connectivity index (χ0) is 9.76. The number of aromatic amines is 1. The minimum absolute atomic E-state index is 0.351. The minimum atomic E-state index is 0.351. The third-order valence-electron chi connectivity index (χ3n) is 3.13. The molecule has 2 aromatic heterocycles. The van der Waals surface area contributed by atoms with Crippen LogP contribution >= 0.6 is 11.6 Å². The molecule has 0 unspecified atom stereocenters. The van der Waals surface area contributed by atoms with Crippen LogP contribution in [0.3, 0.4) is 0 Å². The van der Waals surface area contributed by atoms with E-state index in [2.05, 4.69) is 23.0 Å². The predicted octanol–water partition coefficient (Wildman–Crippen LogP) is 3.27. The van der Waals surface area contributed by atoms with E-state index < -0.39 is 0 Å². The van der Waals surface area contributed by atoms with E-state index in [1.165, 1.54) is 18.5 Å². The van der Waals surface area contributed by atoms with E-state index in [0.29, 0.717) is 5.41 Å². The molecule has 0 amide bonds. The number of fused-ring (bicyclic) bond motifs is 1. The minimum Gasteiger partial charge on any atom is -0.343 e. The van der Waals surface area contributed by atoms with Crippen molar-refractivity contribution in [2.75, 3.05) is 0 Å². The average molecular weight is 207 g/mol. The fourth-order valence-corrected chi connectivity index (χ4v) is 1.98. The molecule has 14 heavy (non-hydrogen) atoms. The Morgan fingerprint density at radius 1 is 1.50 bits per heavy atom. The number of rotatable bonds is 1. The van der Waals surface area contributed by atoms with Crippen LogP contribution < -0.4 is 0 Å². The number of nitrogens with zero attached hydrogens (tertiary/aromatic N) is 1. The highest BCUT2D eigenvalue weighted by Crippen LogP contribution is 2.47. The summed E-state index contributed by atoms with van der Waals surface area (Å²) in [6, 6.07) is 3.97. The first-order valence-corrected chi connectivity index (χ1v) is 5.21. The van der Waals surface area contributed by atoms with Gasteiger partial charge < -0.3 is 4.98 Å². The third-order valence-corrected chi connectivity index (χ3v) is 3.46. The molecular formula is C11H11ClN2. The number of H-pyrrole nitrogens is 1. The summed E-state index contributed by atoms with van der Waals surface area (Å²) in [5.41, 5.74) is 2.53. The molecule has 72 valence electrons. The molecule has 2 heterocycles. The Bertz CT molecular complexity index is 497. The molecule has 3 rings (SSSR count). The highest BCUT2D eigenvalue weighted by molar-refractivity contribution is 6.35. The van der Waals surface area contributed by atoms with Gasteiger partial charge in [0.15, 0.2) is 0 Å². The van der Waals surface area contributed by atoms with E-state index in [1.807, 2.05) is 6.07 Å². The van der Waals surface area contributed by atoms with Gasteiger partial charge in [0, 0.05) is 22.7 Å². The largest absolute Gasteiger partial charge is 0.343 e. The van der Waals surface area contributed by atoms with Gasteiger partial charge in [0.2, 0.25) is 0 Å². The lowest BCUT2D eigenvalue weighted by Gasteiger charge is -2.02. The van der Waals surface area contributed by atoms with E-state index in [9.17, 15) is 0 Å². The normalized spacial score (nSPS) is 18.7. The maximum Gasteiger partial charge on any atom is 0.138 e. The van der Waals surface area contributed by atoms with Crippen LogP contribution in [0, 0.1) is 0 Å². The van der Waals surface area contributed by atoms with Gasteiger partial charge in [0.05, 0.1) is 5.02 Å². The fraction of sp³-hybridized carbons (Fsp3) is 0.364. The van der Waals surface area contributed by atoms with Crippen LogP contribution in [0.4, 0.5) is 0 Å². The summed E-state index contributed by atoms with van der Waals surface area (Å²) in [4.78, 5) is 7.61.